The van der Waals surface area contributed by atoms with Crippen molar-refractivity contribution in [3.63, 3.8) is 0 Å². The van der Waals surface area contributed by atoms with Crippen LogP contribution >= 0.6 is 0 Å². The van der Waals surface area contributed by atoms with E-state index in [1.165, 1.54) is 0 Å². The van der Waals surface area contributed by atoms with Crippen LogP contribution in [0.25, 0.3) is 11.3 Å². The van der Waals surface area contributed by atoms with Gasteiger partial charge in [-0.05, 0) is 50.2 Å². The van der Waals surface area contributed by atoms with E-state index < -0.39 is 0 Å². The number of pyridine rings is 1. The van der Waals surface area contributed by atoms with Crippen LogP contribution in [0.5, 0.6) is 0 Å². The molecular weight excluding hydrogens is 332 g/mol. The Bertz CT molecular complexity index is 748. The first-order chi connectivity index (χ1) is 13.0. The summed E-state index contributed by atoms with van der Waals surface area (Å²) < 4.78 is 0. The lowest BCUT2D eigenvalue weighted by Crippen LogP contribution is -2.20. The van der Waals surface area contributed by atoms with E-state index in [1.807, 2.05) is 0 Å². The Balaban J connectivity index is 2.57. The Morgan fingerprint density at radius 2 is 1.41 bits per heavy atom. The van der Waals surface area contributed by atoms with Crippen LogP contribution in [0.4, 0.5) is 5.82 Å². The summed E-state index contributed by atoms with van der Waals surface area (Å²) in [5.74, 6) is 1.38. The van der Waals surface area contributed by atoms with Crippen molar-refractivity contribution in [2.24, 2.45) is 0 Å². The molecule has 0 atom stereocenters. The molecule has 2 heterocycles. The third kappa shape index (κ3) is 4.85. The van der Waals surface area contributed by atoms with E-state index in [-0.39, 0.29) is 0 Å². The fourth-order valence-corrected chi connectivity index (χ4v) is 3.34. The predicted molar refractivity (Wildman–Crippen MR) is 115 cm³/mol. The molecule has 0 saturated heterocycles. The Kier molecular flexibility index (Phi) is 7.76. The number of nitrogens with one attached hydrogen (secondary N) is 1. The summed E-state index contributed by atoms with van der Waals surface area (Å²) in [6.07, 6.45) is 4.80. The highest BCUT2D eigenvalue weighted by atomic mass is 15.1. The first-order valence-electron chi connectivity index (χ1n) is 10.6. The zero-order chi connectivity index (χ0) is 20.0. The average Bonchev–Trinajstić information content (AvgIpc) is 2.70. The highest BCUT2D eigenvalue weighted by molar-refractivity contribution is 5.66. The van der Waals surface area contributed by atoms with Crippen LogP contribution in [0.3, 0.4) is 0 Å². The minimum Gasteiger partial charge on any atom is -0.366 e. The van der Waals surface area contributed by atoms with Crippen LogP contribution in [0, 0.1) is 0 Å². The van der Waals surface area contributed by atoms with Gasteiger partial charge in [0.05, 0.1) is 17.1 Å². The number of aryl methyl sites for hydroxylation is 3. The molecule has 0 unspecified atom stereocenters. The van der Waals surface area contributed by atoms with Crippen molar-refractivity contribution in [3.8, 4) is 11.3 Å². The summed E-state index contributed by atoms with van der Waals surface area (Å²) >= 11 is 0. The monoisotopic (exact) mass is 368 g/mol. The molecule has 0 aliphatic rings. The molecule has 0 aliphatic heterocycles. The topological polar surface area (TPSA) is 50.7 Å². The third-order valence-electron chi connectivity index (χ3n) is 5.21. The third-order valence-corrected chi connectivity index (χ3v) is 5.21. The van der Waals surface area contributed by atoms with Crippen molar-refractivity contribution >= 4 is 5.82 Å². The van der Waals surface area contributed by atoms with Crippen LogP contribution < -0.4 is 5.32 Å². The van der Waals surface area contributed by atoms with Gasteiger partial charge in [0.2, 0.25) is 0 Å². The molecule has 2 aromatic heterocycles. The highest BCUT2D eigenvalue weighted by Crippen LogP contribution is 2.29. The zero-order valence-corrected chi connectivity index (χ0v) is 18.2. The van der Waals surface area contributed by atoms with Crippen molar-refractivity contribution in [3.05, 3.63) is 34.9 Å². The van der Waals surface area contributed by atoms with Crippen LogP contribution in [0.1, 0.15) is 90.0 Å². The quantitative estimate of drug-likeness (QED) is 0.594. The minimum absolute atomic E-state index is 0.430. The Morgan fingerprint density at radius 3 is 1.93 bits per heavy atom. The molecule has 148 valence electrons. The van der Waals surface area contributed by atoms with Gasteiger partial charge < -0.3 is 5.32 Å². The second-order valence-electron chi connectivity index (χ2n) is 7.42. The molecule has 4 nitrogen and oxygen atoms in total. The minimum atomic E-state index is 0.430. The second-order valence-corrected chi connectivity index (χ2v) is 7.42. The number of aromatic nitrogens is 3. The molecule has 0 aliphatic carbocycles. The van der Waals surface area contributed by atoms with E-state index in [0.717, 1.165) is 72.0 Å². The van der Waals surface area contributed by atoms with Gasteiger partial charge in [0.15, 0.2) is 0 Å². The maximum Gasteiger partial charge on any atom is 0.148 e. The maximum atomic E-state index is 5.07. The van der Waals surface area contributed by atoms with Gasteiger partial charge in [-0.1, -0.05) is 48.5 Å². The molecule has 0 saturated carbocycles. The molecule has 0 radical (unpaired) electrons. The van der Waals surface area contributed by atoms with Gasteiger partial charge in [-0.2, -0.15) is 0 Å². The van der Waals surface area contributed by atoms with E-state index in [4.69, 9.17) is 15.0 Å². The highest BCUT2D eigenvalue weighted by Gasteiger charge is 2.18. The van der Waals surface area contributed by atoms with Crippen LogP contribution in [0.2, 0.25) is 0 Å². The number of rotatable bonds is 9. The smallest absolute Gasteiger partial charge is 0.148 e. The van der Waals surface area contributed by atoms with E-state index in [2.05, 4.69) is 65.9 Å². The fraction of sp³-hybridized carbons (Fsp3) is 0.609. The van der Waals surface area contributed by atoms with Gasteiger partial charge in [-0.15, -0.1) is 0 Å². The molecule has 0 spiro atoms. The molecule has 1 N–H and O–H groups in total. The van der Waals surface area contributed by atoms with Crippen LogP contribution in [0.15, 0.2) is 12.1 Å². The fourth-order valence-electron chi connectivity index (χ4n) is 3.34. The number of hydrogen-bond acceptors (Lipinski definition) is 4. The molecule has 2 rings (SSSR count). The average molecular weight is 369 g/mol. The molecule has 0 fully saturated rings. The number of anilines is 1. The standard InChI is InChI=1S/C23H36N4/c1-8-16(9-2)24-23-20(12-5)26-22(19(11-4)27-23)17-13-14-21(15(6)7)25-18(17)10-3/h13-16H,8-12H2,1-7H3,(H,24,27). The lowest BCUT2D eigenvalue weighted by molar-refractivity contribution is 0.665. The SMILES string of the molecule is CCc1nc(C(C)C)ccc1-c1nc(CC)c(NC(CC)CC)nc1CC. The molecular formula is C23H36N4. The summed E-state index contributed by atoms with van der Waals surface area (Å²) in [6, 6.07) is 4.78. The summed E-state index contributed by atoms with van der Waals surface area (Å²) in [7, 11) is 0. The van der Waals surface area contributed by atoms with Crippen molar-refractivity contribution in [2.45, 2.75) is 92.5 Å². The Morgan fingerprint density at radius 1 is 0.778 bits per heavy atom. The molecule has 27 heavy (non-hydrogen) atoms. The molecule has 2 aromatic rings. The van der Waals surface area contributed by atoms with E-state index in [1.54, 1.807) is 0 Å². The van der Waals surface area contributed by atoms with Crippen molar-refractivity contribution < 1.29 is 0 Å². The van der Waals surface area contributed by atoms with E-state index >= 15 is 0 Å². The maximum absolute atomic E-state index is 5.07. The lowest BCUT2D eigenvalue weighted by Gasteiger charge is -2.20. The summed E-state index contributed by atoms with van der Waals surface area (Å²) in [6.45, 7) is 15.3. The largest absolute Gasteiger partial charge is 0.366 e. The Labute approximate surface area is 165 Å². The van der Waals surface area contributed by atoms with Gasteiger partial charge in [0, 0.05) is 23.0 Å². The normalized spacial score (nSPS) is 11.4. The molecule has 0 aromatic carbocycles. The van der Waals surface area contributed by atoms with Gasteiger partial charge in [-0.3, -0.25) is 4.98 Å². The zero-order valence-electron chi connectivity index (χ0n) is 18.2. The van der Waals surface area contributed by atoms with Crippen LogP contribution in [-0.2, 0) is 19.3 Å². The van der Waals surface area contributed by atoms with Gasteiger partial charge in [-0.25, -0.2) is 9.97 Å². The van der Waals surface area contributed by atoms with E-state index in [9.17, 15) is 0 Å². The number of nitrogens with zero attached hydrogens (tertiary/aromatic N) is 3. The van der Waals surface area contributed by atoms with Crippen molar-refractivity contribution in [1.82, 2.24) is 15.0 Å². The van der Waals surface area contributed by atoms with Crippen molar-refractivity contribution in [1.29, 1.82) is 0 Å². The predicted octanol–water partition coefficient (Wildman–Crippen LogP) is 5.95. The van der Waals surface area contributed by atoms with Gasteiger partial charge in [0.1, 0.15) is 5.82 Å². The summed E-state index contributed by atoms with van der Waals surface area (Å²) in [4.78, 5) is 15.0. The first-order valence-corrected chi connectivity index (χ1v) is 10.6. The molecule has 0 bridgehead atoms. The van der Waals surface area contributed by atoms with Crippen molar-refractivity contribution in [2.75, 3.05) is 5.32 Å². The van der Waals surface area contributed by atoms with Gasteiger partial charge >= 0.3 is 0 Å². The first kappa shape index (κ1) is 21.3. The van der Waals surface area contributed by atoms with Crippen LogP contribution in [-0.4, -0.2) is 21.0 Å². The summed E-state index contributed by atoms with van der Waals surface area (Å²) in [5, 5.41) is 3.61. The number of hydrogen-bond donors (Lipinski definition) is 1. The lowest BCUT2D eigenvalue weighted by atomic mass is 10.0. The van der Waals surface area contributed by atoms with Gasteiger partial charge in [0.25, 0.3) is 0 Å². The summed E-state index contributed by atoms with van der Waals surface area (Å²) in [5.41, 5.74) is 6.50. The molecule has 0 amide bonds. The second kappa shape index (κ2) is 9.82. The molecule has 4 heteroatoms. The Hall–Kier alpha value is -1.97. The van der Waals surface area contributed by atoms with E-state index in [0.29, 0.717) is 12.0 Å².